The monoisotopic (exact) mass is 435 g/mol. The third kappa shape index (κ3) is 4.00. The molecule has 134 valence electrons. The lowest BCUT2D eigenvalue weighted by molar-refractivity contribution is 0.0997. The first kappa shape index (κ1) is 18.7. The van der Waals surface area contributed by atoms with Crippen molar-refractivity contribution >= 4 is 39.1 Å². The second kappa shape index (κ2) is 7.64. The molecule has 2 aromatic carbocycles. The molecule has 1 aromatic heterocycles. The van der Waals surface area contributed by atoms with E-state index < -0.39 is 5.82 Å². The molecule has 0 saturated carbocycles. The molecule has 3 rings (SSSR count). The Morgan fingerprint density at radius 2 is 1.92 bits per heavy atom. The van der Waals surface area contributed by atoms with Crippen LogP contribution in [-0.2, 0) is 0 Å². The summed E-state index contributed by atoms with van der Waals surface area (Å²) in [5, 5.41) is 2.88. The van der Waals surface area contributed by atoms with Crippen molar-refractivity contribution in [2.24, 2.45) is 0 Å². The number of carbonyl (C=O) groups is 1. The molecule has 0 bridgehead atoms. The standard InChI is InChI=1S/C20H16BrClFNO2/c1-11(2)14-10-13(21)4-6-17(14)24-20(25)19-8-7-18(26-19)12-3-5-16(23)15(22)9-12/h3-11H,1-2H3,(H,24,25). The smallest absolute Gasteiger partial charge is 0.291 e. The maximum Gasteiger partial charge on any atom is 0.291 e. The normalized spacial score (nSPS) is 11.0. The zero-order valence-corrected chi connectivity index (χ0v) is 16.5. The van der Waals surface area contributed by atoms with Gasteiger partial charge in [-0.15, -0.1) is 0 Å². The molecular formula is C20H16BrClFNO2. The molecule has 0 aliphatic carbocycles. The number of hydrogen-bond acceptors (Lipinski definition) is 2. The average Bonchev–Trinajstić information content (AvgIpc) is 3.09. The number of furan rings is 1. The highest BCUT2D eigenvalue weighted by Crippen LogP contribution is 2.29. The Hall–Kier alpha value is -2.11. The van der Waals surface area contributed by atoms with Gasteiger partial charge in [0.1, 0.15) is 11.6 Å². The van der Waals surface area contributed by atoms with Gasteiger partial charge in [-0.3, -0.25) is 4.79 Å². The van der Waals surface area contributed by atoms with Crippen LogP contribution in [0.25, 0.3) is 11.3 Å². The molecule has 26 heavy (non-hydrogen) atoms. The van der Waals surface area contributed by atoms with E-state index in [0.717, 1.165) is 15.7 Å². The lowest BCUT2D eigenvalue weighted by atomic mass is 10.0. The second-order valence-electron chi connectivity index (χ2n) is 6.13. The summed E-state index contributed by atoms with van der Waals surface area (Å²) in [5.41, 5.74) is 2.35. The van der Waals surface area contributed by atoms with Crippen LogP contribution >= 0.6 is 27.5 Å². The van der Waals surface area contributed by atoms with Crippen LogP contribution < -0.4 is 5.32 Å². The van der Waals surface area contributed by atoms with Gasteiger partial charge in [0.15, 0.2) is 5.76 Å². The molecule has 0 aliphatic heterocycles. The van der Waals surface area contributed by atoms with E-state index in [-0.39, 0.29) is 22.6 Å². The number of benzene rings is 2. The summed E-state index contributed by atoms with van der Waals surface area (Å²) in [6, 6.07) is 13.2. The van der Waals surface area contributed by atoms with Gasteiger partial charge in [0.25, 0.3) is 5.91 Å². The van der Waals surface area contributed by atoms with E-state index in [1.165, 1.54) is 12.1 Å². The summed E-state index contributed by atoms with van der Waals surface area (Å²) in [7, 11) is 0. The van der Waals surface area contributed by atoms with Crippen LogP contribution in [0.5, 0.6) is 0 Å². The molecule has 0 atom stereocenters. The predicted molar refractivity (Wildman–Crippen MR) is 105 cm³/mol. The van der Waals surface area contributed by atoms with Crippen LogP contribution in [0.2, 0.25) is 5.02 Å². The maximum atomic E-state index is 13.3. The van der Waals surface area contributed by atoms with E-state index in [9.17, 15) is 9.18 Å². The molecule has 0 spiro atoms. The predicted octanol–water partition coefficient (Wildman–Crippen LogP) is 6.88. The summed E-state index contributed by atoms with van der Waals surface area (Å²) < 4.78 is 19.9. The van der Waals surface area contributed by atoms with Crippen LogP contribution in [0, 0.1) is 5.82 Å². The molecule has 6 heteroatoms. The van der Waals surface area contributed by atoms with Crippen LogP contribution in [0.1, 0.15) is 35.9 Å². The molecule has 0 fully saturated rings. The van der Waals surface area contributed by atoms with E-state index in [1.807, 2.05) is 18.2 Å². The molecule has 3 nitrogen and oxygen atoms in total. The number of anilines is 1. The minimum absolute atomic E-state index is 0.00124. The Kier molecular flexibility index (Phi) is 5.49. The molecule has 1 amide bonds. The van der Waals surface area contributed by atoms with Gasteiger partial charge in [0, 0.05) is 15.7 Å². The van der Waals surface area contributed by atoms with Crippen molar-refractivity contribution < 1.29 is 13.6 Å². The molecular weight excluding hydrogens is 421 g/mol. The molecule has 3 aromatic rings. The Bertz CT molecular complexity index is 968. The van der Waals surface area contributed by atoms with Crippen LogP contribution in [0.15, 0.2) is 57.4 Å². The number of rotatable bonds is 4. The molecule has 1 N–H and O–H groups in total. The molecule has 0 unspecified atom stereocenters. The van der Waals surface area contributed by atoms with Gasteiger partial charge in [0.05, 0.1) is 5.02 Å². The number of carbonyl (C=O) groups excluding carboxylic acids is 1. The summed E-state index contributed by atoms with van der Waals surface area (Å²) >= 11 is 9.25. The largest absolute Gasteiger partial charge is 0.451 e. The second-order valence-corrected chi connectivity index (χ2v) is 7.46. The highest BCUT2D eigenvalue weighted by atomic mass is 79.9. The number of halogens is 3. The van der Waals surface area contributed by atoms with Gasteiger partial charge >= 0.3 is 0 Å². The Morgan fingerprint density at radius 3 is 2.62 bits per heavy atom. The van der Waals surface area contributed by atoms with Gasteiger partial charge in [-0.1, -0.05) is 41.4 Å². The summed E-state index contributed by atoms with van der Waals surface area (Å²) in [6.45, 7) is 4.11. The lowest BCUT2D eigenvalue weighted by Gasteiger charge is -2.13. The molecule has 0 saturated heterocycles. The SMILES string of the molecule is CC(C)c1cc(Br)ccc1NC(=O)c1ccc(-c2ccc(F)c(Cl)c2)o1. The first-order valence-electron chi connectivity index (χ1n) is 8.01. The number of amides is 1. The van der Waals surface area contributed by atoms with Gasteiger partial charge in [-0.05, 0) is 60.0 Å². The Balaban J connectivity index is 1.84. The van der Waals surface area contributed by atoms with Gasteiger partial charge in [-0.25, -0.2) is 4.39 Å². The molecule has 1 heterocycles. The highest BCUT2D eigenvalue weighted by molar-refractivity contribution is 9.10. The fourth-order valence-corrected chi connectivity index (χ4v) is 3.13. The summed E-state index contributed by atoms with van der Waals surface area (Å²) in [4.78, 5) is 12.5. The third-order valence-electron chi connectivity index (χ3n) is 3.92. The van der Waals surface area contributed by atoms with E-state index in [4.69, 9.17) is 16.0 Å². The van der Waals surface area contributed by atoms with Crippen molar-refractivity contribution in [1.82, 2.24) is 0 Å². The zero-order chi connectivity index (χ0) is 18.8. The van der Waals surface area contributed by atoms with Gasteiger partial charge < -0.3 is 9.73 Å². The third-order valence-corrected chi connectivity index (χ3v) is 4.70. The minimum Gasteiger partial charge on any atom is -0.451 e. The van der Waals surface area contributed by atoms with Crippen molar-refractivity contribution in [2.45, 2.75) is 19.8 Å². The van der Waals surface area contributed by atoms with Crippen molar-refractivity contribution in [2.75, 3.05) is 5.32 Å². The van der Waals surface area contributed by atoms with E-state index in [0.29, 0.717) is 11.3 Å². The van der Waals surface area contributed by atoms with E-state index >= 15 is 0 Å². The molecule has 0 radical (unpaired) electrons. The van der Waals surface area contributed by atoms with Gasteiger partial charge in [0.2, 0.25) is 0 Å². The first-order chi connectivity index (χ1) is 12.3. The average molecular weight is 437 g/mol. The zero-order valence-electron chi connectivity index (χ0n) is 14.1. The van der Waals surface area contributed by atoms with Crippen molar-refractivity contribution in [3.63, 3.8) is 0 Å². The highest BCUT2D eigenvalue weighted by Gasteiger charge is 2.16. The van der Waals surface area contributed by atoms with Crippen LogP contribution in [0.3, 0.4) is 0 Å². The number of hydrogen-bond donors (Lipinski definition) is 1. The summed E-state index contributed by atoms with van der Waals surface area (Å²) in [6.07, 6.45) is 0. The topological polar surface area (TPSA) is 42.2 Å². The first-order valence-corrected chi connectivity index (χ1v) is 9.18. The van der Waals surface area contributed by atoms with Crippen LogP contribution in [-0.4, -0.2) is 5.91 Å². The minimum atomic E-state index is -0.503. The van der Waals surface area contributed by atoms with Crippen molar-refractivity contribution in [1.29, 1.82) is 0 Å². The maximum absolute atomic E-state index is 13.3. The fraction of sp³-hybridized carbons (Fsp3) is 0.150. The fourth-order valence-electron chi connectivity index (χ4n) is 2.57. The van der Waals surface area contributed by atoms with Crippen molar-refractivity contribution in [3.05, 3.63) is 75.2 Å². The quantitative estimate of drug-likeness (QED) is 0.484. The Morgan fingerprint density at radius 1 is 1.15 bits per heavy atom. The van der Waals surface area contributed by atoms with E-state index in [2.05, 4.69) is 35.1 Å². The van der Waals surface area contributed by atoms with Crippen molar-refractivity contribution in [3.8, 4) is 11.3 Å². The molecule has 0 aliphatic rings. The number of nitrogens with one attached hydrogen (secondary N) is 1. The van der Waals surface area contributed by atoms with Crippen LogP contribution in [0.4, 0.5) is 10.1 Å². The summed E-state index contributed by atoms with van der Waals surface area (Å²) in [5.74, 6) is -0.00333. The lowest BCUT2D eigenvalue weighted by Crippen LogP contribution is -2.12. The Labute approximate surface area is 164 Å². The van der Waals surface area contributed by atoms with Gasteiger partial charge in [-0.2, -0.15) is 0 Å². The van der Waals surface area contributed by atoms with E-state index in [1.54, 1.807) is 18.2 Å².